The lowest BCUT2D eigenvalue weighted by Gasteiger charge is -2.34. The summed E-state index contributed by atoms with van der Waals surface area (Å²) in [6.45, 7) is 6.77. The van der Waals surface area contributed by atoms with Gasteiger partial charge >= 0.3 is 11.9 Å². The van der Waals surface area contributed by atoms with Gasteiger partial charge in [-0.2, -0.15) is 0 Å². The topological polar surface area (TPSA) is 93.1 Å². The van der Waals surface area contributed by atoms with Crippen LogP contribution in [0.15, 0.2) is 0 Å². The standard InChI is InChI=1S/C21H40O6/c1-5-9-11-17(7-3)13-21(19(24)26-15-22,20(25)27-16-23)14-18(8-4)12-10-6-2/h17-18,22-23H,5-16H2,1-4H3. The Morgan fingerprint density at radius 2 is 1.15 bits per heavy atom. The van der Waals surface area contributed by atoms with Gasteiger partial charge in [0.1, 0.15) is 0 Å². The Kier molecular flexibility index (Phi) is 14.2. The molecular formula is C21H40O6. The number of aliphatic hydroxyl groups is 2. The van der Waals surface area contributed by atoms with Crippen molar-refractivity contribution in [3.05, 3.63) is 0 Å². The van der Waals surface area contributed by atoms with Crippen LogP contribution < -0.4 is 0 Å². The third-order valence-electron chi connectivity index (χ3n) is 5.53. The van der Waals surface area contributed by atoms with E-state index < -0.39 is 30.9 Å². The minimum absolute atomic E-state index is 0.172. The van der Waals surface area contributed by atoms with Crippen molar-refractivity contribution in [3.8, 4) is 0 Å². The van der Waals surface area contributed by atoms with Gasteiger partial charge in [-0.25, -0.2) is 0 Å². The zero-order chi connectivity index (χ0) is 20.7. The van der Waals surface area contributed by atoms with Crippen molar-refractivity contribution >= 4 is 11.9 Å². The number of ether oxygens (including phenoxy) is 2. The van der Waals surface area contributed by atoms with Gasteiger partial charge in [0.2, 0.25) is 0 Å². The van der Waals surface area contributed by atoms with Crippen molar-refractivity contribution in [1.29, 1.82) is 0 Å². The van der Waals surface area contributed by atoms with Crippen LogP contribution in [-0.2, 0) is 19.1 Å². The van der Waals surface area contributed by atoms with Gasteiger partial charge in [-0.1, -0.05) is 79.1 Å². The number of unbranched alkanes of at least 4 members (excludes halogenated alkanes) is 2. The van der Waals surface area contributed by atoms with E-state index in [9.17, 15) is 9.59 Å². The first-order valence-corrected chi connectivity index (χ1v) is 10.5. The van der Waals surface area contributed by atoms with E-state index in [0.717, 1.165) is 51.4 Å². The molecule has 2 unspecified atom stereocenters. The summed E-state index contributed by atoms with van der Waals surface area (Å²) in [5.41, 5.74) is -1.48. The van der Waals surface area contributed by atoms with Gasteiger partial charge in [0.05, 0.1) is 0 Å². The lowest BCUT2D eigenvalue weighted by Crippen LogP contribution is -2.45. The van der Waals surface area contributed by atoms with Crippen molar-refractivity contribution in [1.82, 2.24) is 0 Å². The molecule has 6 heteroatoms. The first-order valence-electron chi connectivity index (χ1n) is 10.5. The Hall–Kier alpha value is -1.14. The second-order valence-electron chi connectivity index (χ2n) is 7.45. The first kappa shape index (κ1) is 25.9. The average molecular weight is 389 g/mol. The molecule has 0 aliphatic rings. The van der Waals surface area contributed by atoms with Gasteiger partial charge < -0.3 is 19.7 Å². The molecule has 0 amide bonds. The lowest BCUT2D eigenvalue weighted by molar-refractivity contribution is -0.185. The van der Waals surface area contributed by atoms with Gasteiger partial charge in [-0.05, 0) is 24.7 Å². The highest BCUT2D eigenvalue weighted by Gasteiger charge is 2.50. The van der Waals surface area contributed by atoms with Crippen molar-refractivity contribution in [3.63, 3.8) is 0 Å². The number of rotatable bonds is 16. The van der Waals surface area contributed by atoms with Crippen LogP contribution in [0, 0.1) is 17.3 Å². The molecule has 2 N–H and O–H groups in total. The summed E-state index contributed by atoms with van der Waals surface area (Å²) in [5, 5.41) is 18.3. The Bertz CT molecular complexity index is 371. The number of carbonyl (C=O) groups is 2. The smallest absolute Gasteiger partial charge is 0.325 e. The van der Waals surface area contributed by atoms with E-state index in [1.54, 1.807) is 0 Å². The summed E-state index contributed by atoms with van der Waals surface area (Å²) in [7, 11) is 0. The minimum Gasteiger partial charge on any atom is -0.438 e. The van der Waals surface area contributed by atoms with Gasteiger partial charge in [0, 0.05) is 0 Å². The molecule has 2 atom stereocenters. The van der Waals surface area contributed by atoms with Crippen LogP contribution in [0.4, 0.5) is 0 Å². The maximum absolute atomic E-state index is 12.9. The van der Waals surface area contributed by atoms with Crippen LogP contribution in [0.3, 0.4) is 0 Å². The molecule has 0 aliphatic carbocycles. The minimum atomic E-state index is -1.48. The predicted octanol–water partition coefficient (Wildman–Crippen LogP) is 4.17. The molecule has 0 saturated heterocycles. The second kappa shape index (κ2) is 14.9. The van der Waals surface area contributed by atoms with Crippen LogP contribution in [-0.4, -0.2) is 35.7 Å². The van der Waals surface area contributed by atoms with Crippen molar-refractivity contribution in [2.45, 2.75) is 91.9 Å². The number of esters is 2. The molecule has 0 radical (unpaired) electrons. The fraction of sp³-hybridized carbons (Fsp3) is 0.905. The Morgan fingerprint density at radius 3 is 1.41 bits per heavy atom. The van der Waals surface area contributed by atoms with Crippen molar-refractivity contribution in [2.75, 3.05) is 13.6 Å². The van der Waals surface area contributed by atoms with Gasteiger partial charge in [-0.3, -0.25) is 9.59 Å². The molecule has 27 heavy (non-hydrogen) atoms. The quantitative estimate of drug-likeness (QED) is 0.234. The molecule has 0 aliphatic heterocycles. The van der Waals surface area contributed by atoms with Crippen molar-refractivity contribution in [2.24, 2.45) is 17.3 Å². The molecule has 0 saturated carbocycles. The largest absolute Gasteiger partial charge is 0.438 e. The zero-order valence-electron chi connectivity index (χ0n) is 17.7. The molecule has 160 valence electrons. The number of hydrogen-bond donors (Lipinski definition) is 2. The number of hydrogen-bond acceptors (Lipinski definition) is 6. The van der Waals surface area contributed by atoms with Crippen LogP contribution in [0.25, 0.3) is 0 Å². The monoisotopic (exact) mass is 388 g/mol. The molecular weight excluding hydrogens is 348 g/mol. The Balaban J connectivity index is 5.82. The summed E-state index contributed by atoms with van der Waals surface area (Å²) < 4.78 is 9.82. The average Bonchev–Trinajstić information content (AvgIpc) is 2.67. The third kappa shape index (κ3) is 8.60. The molecule has 0 aromatic rings. The molecule has 0 aromatic heterocycles. The fourth-order valence-corrected chi connectivity index (χ4v) is 3.77. The summed E-state index contributed by atoms with van der Waals surface area (Å²) >= 11 is 0. The van der Waals surface area contributed by atoms with Gasteiger partial charge in [0.25, 0.3) is 0 Å². The Labute approximate surface area is 164 Å². The van der Waals surface area contributed by atoms with E-state index >= 15 is 0 Å². The number of carbonyl (C=O) groups excluding carboxylic acids is 2. The van der Waals surface area contributed by atoms with Gasteiger partial charge in [-0.15, -0.1) is 0 Å². The van der Waals surface area contributed by atoms with E-state index in [-0.39, 0.29) is 11.8 Å². The predicted molar refractivity (Wildman–Crippen MR) is 105 cm³/mol. The van der Waals surface area contributed by atoms with Crippen LogP contribution >= 0.6 is 0 Å². The molecule has 0 rings (SSSR count). The summed E-state index contributed by atoms with van der Waals surface area (Å²) in [6.07, 6.45) is 8.28. The molecule has 0 spiro atoms. The van der Waals surface area contributed by atoms with Crippen LogP contribution in [0.2, 0.25) is 0 Å². The van der Waals surface area contributed by atoms with Crippen molar-refractivity contribution < 1.29 is 29.3 Å². The zero-order valence-corrected chi connectivity index (χ0v) is 17.7. The third-order valence-corrected chi connectivity index (χ3v) is 5.53. The van der Waals surface area contributed by atoms with E-state index in [1.165, 1.54) is 0 Å². The highest BCUT2D eigenvalue weighted by Crippen LogP contribution is 2.41. The lowest BCUT2D eigenvalue weighted by atomic mass is 9.70. The summed E-state index contributed by atoms with van der Waals surface area (Å²) in [5.74, 6) is -1.14. The summed E-state index contributed by atoms with van der Waals surface area (Å²) in [6, 6.07) is 0. The van der Waals surface area contributed by atoms with E-state index in [0.29, 0.717) is 12.8 Å². The highest BCUT2D eigenvalue weighted by atomic mass is 16.6. The molecule has 6 nitrogen and oxygen atoms in total. The van der Waals surface area contributed by atoms with E-state index in [4.69, 9.17) is 19.7 Å². The van der Waals surface area contributed by atoms with E-state index in [1.807, 2.05) is 13.8 Å². The molecule has 0 bridgehead atoms. The molecule has 0 fully saturated rings. The summed E-state index contributed by atoms with van der Waals surface area (Å²) in [4.78, 5) is 25.7. The first-order chi connectivity index (χ1) is 12.9. The van der Waals surface area contributed by atoms with E-state index in [2.05, 4.69) is 13.8 Å². The van der Waals surface area contributed by atoms with Crippen LogP contribution in [0.1, 0.15) is 91.9 Å². The SMILES string of the molecule is CCCCC(CC)CC(CC(CC)CCCC)(C(=O)OCO)C(=O)OCO. The maximum Gasteiger partial charge on any atom is 0.325 e. The second-order valence-corrected chi connectivity index (χ2v) is 7.45. The maximum atomic E-state index is 12.9. The van der Waals surface area contributed by atoms with Crippen LogP contribution in [0.5, 0.6) is 0 Å². The molecule has 0 aromatic carbocycles. The molecule has 0 heterocycles. The van der Waals surface area contributed by atoms with Gasteiger partial charge in [0.15, 0.2) is 19.0 Å². The fourth-order valence-electron chi connectivity index (χ4n) is 3.77. The highest BCUT2D eigenvalue weighted by molar-refractivity contribution is 6.00. The normalized spacial score (nSPS) is 13.9. The number of aliphatic hydroxyl groups excluding tert-OH is 2. The Morgan fingerprint density at radius 1 is 0.778 bits per heavy atom.